The number of hydrogen-bond donors (Lipinski definition) is 3. The Hall–Kier alpha value is -3.29. The van der Waals surface area contributed by atoms with E-state index in [9.17, 15) is 0 Å². The van der Waals surface area contributed by atoms with Crippen molar-refractivity contribution < 1.29 is 0 Å². The van der Waals surface area contributed by atoms with Crippen molar-refractivity contribution in [1.29, 1.82) is 0 Å². The summed E-state index contributed by atoms with van der Waals surface area (Å²) in [5.74, 6) is 0. The van der Waals surface area contributed by atoms with Gasteiger partial charge in [-0.1, -0.05) is 53.8 Å². The predicted octanol–water partition coefficient (Wildman–Crippen LogP) is 4.22. The molecule has 5 aromatic rings. The number of nitrogens with one attached hydrogen (secondary N) is 2. The fraction of sp³-hybridized carbons (Fsp3) is 0.136. The first-order chi connectivity index (χ1) is 14.2. The van der Waals surface area contributed by atoms with Crippen LogP contribution in [0.15, 0.2) is 66.9 Å². The molecule has 1 unspecified atom stereocenters. The predicted molar refractivity (Wildman–Crippen MR) is 119 cm³/mol. The summed E-state index contributed by atoms with van der Waals surface area (Å²) in [5.41, 5.74) is 9.63. The van der Waals surface area contributed by atoms with Crippen LogP contribution in [0.25, 0.3) is 32.2 Å². The third kappa shape index (κ3) is 3.83. The van der Waals surface area contributed by atoms with Gasteiger partial charge in [-0.3, -0.25) is 5.10 Å². The van der Waals surface area contributed by atoms with Crippen LogP contribution in [0.1, 0.15) is 5.56 Å². The van der Waals surface area contributed by atoms with Crippen LogP contribution in [-0.2, 0) is 6.42 Å². The highest BCUT2D eigenvalue weighted by atomic mass is 32.1. The topological polar surface area (TPSA) is 92.5 Å². The van der Waals surface area contributed by atoms with Crippen molar-refractivity contribution in [3.63, 3.8) is 0 Å². The van der Waals surface area contributed by atoms with Crippen molar-refractivity contribution >= 4 is 38.1 Å². The Morgan fingerprint density at radius 3 is 2.79 bits per heavy atom. The van der Waals surface area contributed by atoms with Crippen molar-refractivity contribution in [1.82, 2.24) is 20.4 Å². The van der Waals surface area contributed by atoms with Gasteiger partial charge < -0.3 is 11.1 Å². The molecule has 1 atom stereocenters. The van der Waals surface area contributed by atoms with Gasteiger partial charge in [-0.15, -0.1) is 10.2 Å². The standard InChI is InChI=1S/C22H20N6S/c23-19(10-14-5-6-15-3-1-2-4-16(15)9-14)13-24-22-28-27-21(29-22)17-7-8-20-18(11-17)12-25-26-20/h1-9,11-12,19H,10,13,23H2,(H,24,28)(H,25,26). The Morgan fingerprint density at radius 1 is 0.966 bits per heavy atom. The van der Waals surface area contributed by atoms with Crippen molar-refractivity contribution in [2.24, 2.45) is 5.73 Å². The number of H-pyrrole nitrogens is 1. The number of anilines is 1. The Morgan fingerprint density at radius 2 is 1.86 bits per heavy atom. The summed E-state index contributed by atoms with van der Waals surface area (Å²) in [5, 5.41) is 24.1. The van der Waals surface area contributed by atoms with Crippen LogP contribution in [0.5, 0.6) is 0 Å². The SMILES string of the molecule is NC(CNc1nnc(-c2ccc3[nH]ncc3c2)s1)Cc1ccc2ccccc2c1. The monoisotopic (exact) mass is 400 g/mol. The summed E-state index contributed by atoms with van der Waals surface area (Å²) >= 11 is 1.53. The molecule has 0 spiro atoms. The molecule has 2 heterocycles. The molecule has 0 saturated carbocycles. The maximum absolute atomic E-state index is 6.35. The first-order valence-electron chi connectivity index (χ1n) is 9.49. The maximum atomic E-state index is 6.35. The van der Waals surface area contributed by atoms with Crippen LogP contribution in [0.3, 0.4) is 0 Å². The number of aromatic nitrogens is 4. The maximum Gasteiger partial charge on any atom is 0.206 e. The summed E-state index contributed by atoms with van der Waals surface area (Å²) in [4.78, 5) is 0. The molecule has 0 fully saturated rings. The number of nitrogens with two attached hydrogens (primary N) is 1. The minimum atomic E-state index is -0.00853. The average molecular weight is 401 g/mol. The molecule has 0 aliphatic carbocycles. The molecule has 0 radical (unpaired) electrons. The van der Waals surface area contributed by atoms with Gasteiger partial charge in [0.1, 0.15) is 5.01 Å². The zero-order chi connectivity index (χ0) is 19.6. The van der Waals surface area contributed by atoms with Crippen LogP contribution in [-0.4, -0.2) is 33.0 Å². The number of aromatic amines is 1. The van der Waals surface area contributed by atoms with E-state index in [0.29, 0.717) is 6.54 Å². The van der Waals surface area contributed by atoms with Gasteiger partial charge in [-0.25, -0.2) is 0 Å². The third-order valence-electron chi connectivity index (χ3n) is 4.94. The quantitative estimate of drug-likeness (QED) is 0.397. The van der Waals surface area contributed by atoms with E-state index in [1.807, 2.05) is 18.3 Å². The lowest BCUT2D eigenvalue weighted by atomic mass is 10.0. The van der Waals surface area contributed by atoms with E-state index in [4.69, 9.17) is 5.73 Å². The van der Waals surface area contributed by atoms with Gasteiger partial charge in [0.2, 0.25) is 5.13 Å². The summed E-state index contributed by atoms with van der Waals surface area (Å²) in [6.07, 6.45) is 2.62. The zero-order valence-electron chi connectivity index (χ0n) is 15.7. The van der Waals surface area contributed by atoms with E-state index in [-0.39, 0.29) is 6.04 Å². The summed E-state index contributed by atoms with van der Waals surface area (Å²) < 4.78 is 0. The second-order valence-electron chi connectivity index (χ2n) is 7.11. The van der Waals surface area contributed by atoms with E-state index in [1.54, 1.807) is 0 Å². The second-order valence-corrected chi connectivity index (χ2v) is 8.09. The molecule has 0 saturated heterocycles. The molecule has 0 aliphatic rings. The first-order valence-corrected chi connectivity index (χ1v) is 10.3. The smallest absolute Gasteiger partial charge is 0.206 e. The molecule has 0 bridgehead atoms. The molecular formula is C22H20N6S. The van der Waals surface area contributed by atoms with Crippen LogP contribution >= 0.6 is 11.3 Å². The van der Waals surface area contributed by atoms with Crippen LogP contribution in [0, 0.1) is 0 Å². The van der Waals surface area contributed by atoms with Gasteiger partial charge in [0.25, 0.3) is 0 Å². The van der Waals surface area contributed by atoms with Crippen LogP contribution in [0.2, 0.25) is 0 Å². The Bertz CT molecular complexity index is 1270. The molecule has 3 aromatic carbocycles. The highest BCUT2D eigenvalue weighted by Crippen LogP contribution is 2.28. The number of hydrogen-bond acceptors (Lipinski definition) is 6. The van der Waals surface area contributed by atoms with E-state index in [2.05, 4.69) is 74.2 Å². The highest BCUT2D eigenvalue weighted by molar-refractivity contribution is 7.18. The van der Waals surface area contributed by atoms with Gasteiger partial charge >= 0.3 is 0 Å². The van der Waals surface area contributed by atoms with Crippen molar-refractivity contribution in [3.8, 4) is 10.6 Å². The summed E-state index contributed by atoms with van der Waals surface area (Å²) in [6.45, 7) is 0.641. The van der Waals surface area contributed by atoms with Crippen molar-refractivity contribution in [3.05, 3.63) is 72.4 Å². The molecular weight excluding hydrogens is 380 g/mol. The minimum Gasteiger partial charge on any atom is -0.359 e. The van der Waals surface area contributed by atoms with Crippen LogP contribution in [0.4, 0.5) is 5.13 Å². The van der Waals surface area contributed by atoms with Gasteiger partial charge in [-0.05, 0) is 41.0 Å². The molecule has 0 amide bonds. The van der Waals surface area contributed by atoms with E-state index in [1.165, 1.54) is 27.7 Å². The minimum absolute atomic E-state index is 0.00853. The fourth-order valence-corrected chi connectivity index (χ4v) is 4.19. The number of fused-ring (bicyclic) bond motifs is 2. The van der Waals surface area contributed by atoms with Gasteiger partial charge in [-0.2, -0.15) is 5.10 Å². The Labute approximate surface area is 171 Å². The van der Waals surface area contributed by atoms with E-state index < -0.39 is 0 Å². The molecule has 5 rings (SSSR count). The Kier molecular flexibility index (Phi) is 4.67. The largest absolute Gasteiger partial charge is 0.359 e. The lowest BCUT2D eigenvalue weighted by molar-refractivity contribution is 0.699. The number of rotatable bonds is 6. The van der Waals surface area contributed by atoms with Crippen molar-refractivity contribution in [2.75, 3.05) is 11.9 Å². The van der Waals surface area contributed by atoms with Crippen LogP contribution < -0.4 is 11.1 Å². The normalized spacial score (nSPS) is 12.4. The molecule has 0 aliphatic heterocycles. The number of nitrogens with zero attached hydrogens (tertiary/aromatic N) is 3. The average Bonchev–Trinajstić information content (AvgIpc) is 3.41. The van der Waals surface area contributed by atoms with E-state index in [0.717, 1.165) is 33.0 Å². The molecule has 144 valence electrons. The molecule has 7 heteroatoms. The second kappa shape index (κ2) is 7.62. The molecule has 6 nitrogen and oxygen atoms in total. The fourth-order valence-electron chi connectivity index (χ4n) is 3.45. The lowest BCUT2D eigenvalue weighted by Crippen LogP contribution is -2.31. The van der Waals surface area contributed by atoms with Crippen molar-refractivity contribution in [2.45, 2.75) is 12.5 Å². The lowest BCUT2D eigenvalue weighted by Gasteiger charge is -2.12. The molecule has 2 aromatic heterocycles. The first kappa shape index (κ1) is 17.8. The number of benzene rings is 3. The van der Waals surface area contributed by atoms with E-state index >= 15 is 0 Å². The molecule has 4 N–H and O–H groups in total. The van der Waals surface area contributed by atoms with Gasteiger partial charge in [0.15, 0.2) is 0 Å². The third-order valence-corrected chi connectivity index (χ3v) is 5.87. The highest BCUT2D eigenvalue weighted by Gasteiger charge is 2.10. The van der Waals surface area contributed by atoms with Gasteiger partial charge in [0.05, 0.1) is 11.7 Å². The molecule has 29 heavy (non-hydrogen) atoms. The summed E-state index contributed by atoms with van der Waals surface area (Å²) in [7, 11) is 0. The summed E-state index contributed by atoms with van der Waals surface area (Å²) in [6, 6.07) is 21.0. The van der Waals surface area contributed by atoms with Gasteiger partial charge in [0, 0.05) is 23.5 Å². The zero-order valence-corrected chi connectivity index (χ0v) is 16.5. The Balaban J connectivity index is 1.22.